The van der Waals surface area contributed by atoms with Crippen molar-refractivity contribution >= 4 is 28.5 Å². The largest absolute Gasteiger partial charge is 0.478 e. The molecule has 0 saturated heterocycles. The van der Waals surface area contributed by atoms with Crippen LogP contribution in [-0.4, -0.2) is 16.1 Å². The number of halogens is 2. The van der Waals surface area contributed by atoms with Gasteiger partial charge in [-0.3, -0.25) is 0 Å². The molecule has 17 heavy (non-hydrogen) atoms. The van der Waals surface area contributed by atoms with Gasteiger partial charge in [0.25, 0.3) is 0 Å². The predicted molar refractivity (Wildman–Crippen MR) is 63.1 cm³/mol. The molecule has 5 heteroatoms. The molecule has 0 spiro atoms. The van der Waals surface area contributed by atoms with Crippen molar-refractivity contribution < 1.29 is 14.3 Å². The standard InChI is InChI=1S/C12H9ClFNO2/c1-5-6(2)15-11-8(14)4-3-7(13)10(11)9(5)12(16)17/h3-4H,1-2H3,(H,16,17). The Morgan fingerprint density at radius 3 is 2.65 bits per heavy atom. The molecule has 2 aromatic rings. The minimum absolute atomic E-state index is 0.00185. The monoisotopic (exact) mass is 253 g/mol. The second-order valence-electron chi connectivity index (χ2n) is 3.76. The lowest BCUT2D eigenvalue weighted by atomic mass is 10.0. The minimum Gasteiger partial charge on any atom is -0.478 e. The lowest BCUT2D eigenvalue weighted by molar-refractivity contribution is 0.0698. The Bertz CT molecular complexity index is 640. The number of carboxylic acid groups (broad SMARTS) is 1. The van der Waals surface area contributed by atoms with E-state index in [0.29, 0.717) is 11.3 Å². The summed E-state index contributed by atoms with van der Waals surface area (Å²) in [7, 11) is 0. The van der Waals surface area contributed by atoms with Gasteiger partial charge in [-0.1, -0.05) is 11.6 Å². The first-order chi connectivity index (χ1) is 7.93. The predicted octanol–water partition coefficient (Wildman–Crippen LogP) is 3.34. The van der Waals surface area contributed by atoms with E-state index in [1.165, 1.54) is 12.1 Å². The Hall–Kier alpha value is -1.68. The Morgan fingerprint density at radius 2 is 2.06 bits per heavy atom. The smallest absolute Gasteiger partial charge is 0.336 e. The maximum atomic E-state index is 13.6. The van der Waals surface area contributed by atoms with Crippen LogP contribution in [0.25, 0.3) is 10.9 Å². The van der Waals surface area contributed by atoms with Gasteiger partial charge in [0.05, 0.1) is 10.6 Å². The Labute approximate surface area is 102 Å². The molecule has 1 aromatic carbocycles. The molecule has 0 aliphatic rings. The van der Waals surface area contributed by atoms with Crippen molar-refractivity contribution in [1.29, 1.82) is 0 Å². The van der Waals surface area contributed by atoms with Gasteiger partial charge in [0, 0.05) is 11.1 Å². The SMILES string of the molecule is Cc1nc2c(F)ccc(Cl)c2c(C(=O)O)c1C. The highest BCUT2D eigenvalue weighted by Crippen LogP contribution is 2.30. The summed E-state index contributed by atoms with van der Waals surface area (Å²) in [5.41, 5.74) is 0.989. The maximum absolute atomic E-state index is 13.6. The van der Waals surface area contributed by atoms with Crippen molar-refractivity contribution in [3.8, 4) is 0 Å². The molecule has 0 aliphatic heterocycles. The molecule has 1 N–H and O–H groups in total. The number of nitrogens with zero attached hydrogens (tertiary/aromatic N) is 1. The fourth-order valence-electron chi connectivity index (χ4n) is 1.78. The number of aryl methyl sites for hydroxylation is 1. The molecule has 0 fully saturated rings. The van der Waals surface area contributed by atoms with Gasteiger partial charge in [0.2, 0.25) is 0 Å². The molecular weight excluding hydrogens is 245 g/mol. The lowest BCUT2D eigenvalue weighted by Gasteiger charge is -2.10. The number of rotatable bonds is 1. The van der Waals surface area contributed by atoms with E-state index < -0.39 is 11.8 Å². The number of aromatic nitrogens is 1. The van der Waals surface area contributed by atoms with E-state index in [1.807, 2.05) is 0 Å². The van der Waals surface area contributed by atoms with Crippen molar-refractivity contribution in [1.82, 2.24) is 4.98 Å². The van der Waals surface area contributed by atoms with Gasteiger partial charge >= 0.3 is 5.97 Å². The van der Waals surface area contributed by atoms with Crippen LogP contribution in [0.4, 0.5) is 4.39 Å². The molecule has 0 amide bonds. The second-order valence-corrected chi connectivity index (χ2v) is 4.16. The highest BCUT2D eigenvalue weighted by molar-refractivity contribution is 6.36. The van der Waals surface area contributed by atoms with Crippen molar-refractivity contribution in [2.75, 3.05) is 0 Å². The molecule has 0 saturated carbocycles. The summed E-state index contributed by atoms with van der Waals surface area (Å²) in [5.74, 6) is -1.71. The van der Waals surface area contributed by atoms with Crippen LogP contribution in [-0.2, 0) is 0 Å². The topological polar surface area (TPSA) is 50.2 Å². The molecule has 88 valence electrons. The van der Waals surface area contributed by atoms with Crippen LogP contribution in [0.1, 0.15) is 21.6 Å². The van der Waals surface area contributed by atoms with E-state index in [0.717, 1.165) is 0 Å². The van der Waals surface area contributed by atoms with E-state index in [-0.39, 0.29) is 21.5 Å². The first kappa shape index (κ1) is 11.8. The summed E-state index contributed by atoms with van der Waals surface area (Å²) in [6, 6.07) is 2.51. The third-order valence-corrected chi connectivity index (χ3v) is 3.05. The number of hydrogen-bond donors (Lipinski definition) is 1. The van der Waals surface area contributed by atoms with Crippen LogP contribution in [0.2, 0.25) is 5.02 Å². The normalized spacial score (nSPS) is 10.8. The van der Waals surface area contributed by atoms with Gasteiger partial charge in [0.15, 0.2) is 0 Å². The number of carbonyl (C=O) groups is 1. The summed E-state index contributed by atoms with van der Waals surface area (Å²) in [4.78, 5) is 15.3. The quantitative estimate of drug-likeness (QED) is 0.848. The lowest BCUT2D eigenvalue weighted by Crippen LogP contribution is -2.06. The highest BCUT2D eigenvalue weighted by Gasteiger charge is 2.19. The van der Waals surface area contributed by atoms with Crippen molar-refractivity contribution in [3.05, 3.63) is 39.8 Å². The molecule has 0 unspecified atom stereocenters. The van der Waals surface area contributed by atoms with E-state index in [2.05, 4.69) is 4.98 Å². The number of fused-ring (bicyclic) bond motifs is 1. The average Bonchev–Trinajstić information content (AvgIpc) is 2.26. The van der Waals surface area contributed by atoms with E-state index in [9.17, 15) is 14.3 Å². The van der Waals surface area contributed by atoms with Crippen LogP contribution in [0.15, 0.2) is 12.1 Å². The van der Waals surface area contributed by atoms with E-state index in [4.69, 9.17) is 11.6 Å². The van der Waals surface area contributed by atoms with Gasteiger partial charge in [0.1, 0.15) is 11.3 Å². The molecular formula is C12H9ClFNO2. The third-order valence-electron chi connectivity index (χ3n) is 2.74. The number of carboxylic acids is 1. The van der Waals surface area contributed by atoms with Gasteiger partial charge in [-0.25, -0.2) is 14.2 Å². The van der Waals surface area contributed by atoms with E-state index >= 15 is 0 Å². The zero-order chi connectivity index (χ0) is 12.7. The Morgan fingerprint density at radius 1 is 1.41 bits per heavy atom. The molecule has 0 atom stereocenters. The third kappa shape index (κ3) is 1.74. The van der Waals surface area contributed by atoms with Crippen LogP contribution < -0.4 is 0 Å². The Balaban J connectivity index is 3.08. The first-order valence-electron chi connectivity index (χ1n) is 4.91. The summed E-state index contributed by atoms with van der Waals surface area (Å²) in [6.07, 6.45) is 0. The van der Waals surface area contributed by atoms with Crippen molar-refractivity contribution in [2.24, 2.45) is 0 Å². The molecule has 1 aromatic heterocycles. The van der Waals surface area contributed by atoms with Crippen LogP contribution >= 0.6 is 11.6 Å². The zero-order valence-corrected chi connectivity index (χ0v) is 9.97. The maximum Gasteiger partial charge on any atom is 0.336 e. The van der Waals surface area contributed by atoms with Crippen molar-refractivity contribution in [3.63, 3.8) is 0 Å². The number of aromatic carboxylic acids is 1. The van der Waals surface area contributed by atoms with Gasteiger partial charge < -0.3 is 5.11 Å². The summed E-state index contributed by atoms with van der Waals surface area (Å²) < 4.78 is 13.6. The fourth-order valence-corrected chi connectivity index (χ4v) is 2.02. The second kappa shape index (κ2) is 3.96. The fraction of sp³-hybridized carbons (Fsp3) is 0.167. The Kier molecular flexibility index (Phi) is 2.75. The summed E-state index contributed by atoms with van der Waals surface area (Å²) in [6.45, 7) is 3.27. The van der Waals surface area contributed by atoms with Gasteiger partial charge in [-0.2, -0.15) is 0 Å². The van der Waals surface area contributed by atoms with Gasteiger partial charge in [-0.15, -0.1) is 0 Å². The molecule has 0 aliphatic carbocycles. The van der Waals surface area contributed by atoms with Crippen LogP contribution in [0, 0.1) is 19.7 Å². The van der Waals surface area contributed by atoms with Gasteiger partial charge in [-0.05, 0) is 31.5 Å². The van der Waals surface area contributed by atoms with E-state index in [1.54, 1.807) is 13.8 Å². The number of pyridine rings is 1. The highest BCUT2D eigenvalue weighted by atomic mass is 35.5. The molecule has 3 nitrogen and oxygen atoms in total. The number of benzene rings is 1. The van der Waals surface area contributed by atoms with Crippen LogP contribution in [0.5, 0.6) is 0 Å². The molecule has 0 bridgehead atoms. The zero-order valence-electron chi connectivity index (χ0n) is 9.21. The first-order valence-corrected chi connectivity index (χ1v) is 5.29. The average molecular weight is 254 g/mol. The molecule has 0 radical (unpaired) electrons. The summed E-state index contributed by atoms with van der Waals surface area (Å²) in [5, 5.41) is 9.54. The summed E-state index contributed by atoms with van der Waals surface area (Å²) >= 11 is 5.93. The van der Waals surface area contributed by atoms with Crippen molar-refractivity contribution in [2.45, 2.75) is 13.8 Å². The van der Waals surface area contributed by atoms with Crippen LogP contribution in [0.3, 0.4) is 0 Å². The molecule has 1 heterocycles. The molecule has 2 rings (SSSR count). The number of hydrogen-bond acceptors (Lipinski definition) is 2. The minimum atomic E-state index is -1.13.